The maximum atomic E-state index is 3.63. The minimum absolute atomic E-state index is 0.689. The fourth-order valence-electron chi connectivity index (χ4n) is 2.55. The second kappa shape index (κ2) is 4.81. The molecule has 0 aromatic carbocycles. The predicted molar refractivity (Wildman–Crippen MR) is 64.2 cm³/mol. The van der Waals surface area contributed by atoms with E-state index >= 15 is 0 Å². The topological polar surface area (TPSA) is 18.5 Å². The molecule has 0 aromatic rings. The first-order valence-electron chi connectivity index (χ1n) is 6.34. The van der Waals surface area contributed by atoms with E-state index in [0.717, 1.165) is 6.04 Å². The van der Waals surface area contributed by atoms with Gasteiger partial charge in [0, 0.05) is 44.3 Å². The Bertz CT molecular complexity index is 203. The van der Waals surface area contributed by atoms with E-state index in [9.17, 15) is 0 Å². The largest absolute Gasteiger partial charge is 0.312 e. The molecular weight excluding hydrogens is 186 g/mol. The van der Waals surface area contributed by atoms with Crippen LogP contribution in [0.4, 0.5) is 0 Å². The van der Waals surface area contributed by atoms with Crippen molar-refractivity contribution in [3.8, 4) is 0 Å². The van der Waals surface area contributed by atoms with Crippen molar-refractivity contribution in [2.45, 2.75) is 44.8 Å². The molecule has 2 rings (SSSR count). The first-order valence-corrected chi connectivity index (χ1v) is 6.34. The molecule has 1 saturated carbocycles. The fraction of sp³-hybridized carbons (Fsp3) is 1.00. The van der Waals surface area contributed by atoms with Crippen molar-refractivity contribution in [3.63, 3.8) is 0 Å². The summed E-state index contributed by atoms with van der Waals surface area (Å²) in [7, 11) is 2.22. The number of rotatable bonds is 4. The normalized spacial score (nSPS) is 31.8. The zero-order valence-corrected chi connectivity index (χ0v) is 10.4. The number of likely N-dealkylation sites (N-methyl/N-ethyl adjacent to an activating group) is 1. The van der Waals surface area contributed by atoms with Crippen LogP contribution in [0.3, 0.4) is 0 Å². The van der Waals surface area contributed by atoms with Gasteiger partial charge in [-0.05, 0) is 33.7 Å². The molecule has 1 aliphatic carbocycles. The highest BCUT2D eigenvalue weighted by atomic mass is 15.3. The molecule has 3 nitrogen and oxygen atoms in total. The van der Waals surface area contributed by atoms with E-state index < -0.39 is 0 Å². The molecule has 2 fully saturated rings. The third-order valence-electron chi connectivity index (χ3n) is 3.73. The van der Waals surface area contributed by atoms with Crippen LogP contribution in [0.25, 0.3) is 0 Å². The van der Waals surface area contributed by atoms with Gasteiger partial charge in [0.05, 0.1) is 0 Å². The Kier molecular flexibility index (Phi) is 3.65. The summed E-state index contributed by atoms with van der Waals surface area (Å²) in [5.41, 5.74) is 0. The lowest BCUT2D eigenvalue weighted by Crippen LogP contribution is -2.55. The van der Waals surface area contributed by atoms with Crippen molar-refractivity contribution in [1.29, 1.82) is 0 Å². The van der Waals surface area contributed by atoms with Crippen LogP contribution in [0.15, 0.2) is 0 Å². The lowest BCUT2D eigenvalue weighted by Gasteiger charge is -2.41. The summed E-state index contributed by atoms with van der Waals surface area (Å²) in [5.74, 6) is 0. The molecule has 1 aliphatic heterocycles. The summed E-state index contributed by atoms with van der Waals surface area (Å²) < 4.78 is 0. The zero-order valence-electron chi connectivity index (χ0n) is 10.4. The van der Waals surface area contributed by atoms with Gasteiger partial charge in [-0.2, -0.15) is 0 Å². The second-order valence-electron chi connectivity index (χ2n) is 5.38. The molecule has 0 spiro atoms. The molecular formula is C12H25N3. The molecule has 1 N–H and O–H groups in total. The third kappa shape index (κ3) is 3.16. The van der Waals surface area contributed by atoms with E-state index in [4.69, 9.17) is 0 Å². The number of hydrogen-bond acceptors (Lipinski definition) is 3. The van der Waals surface area contributed by atoms with Crippen LogP contribution in [0.5, 0.6) is 0 Å². The quantitative estimate of drug-likeness (QED) is 0.741. The summed E-state index contributed by atoms with van der Waals surface area (Å²) >= 11 is 0. The molecule has 0 radical (unpaired) electrons. The Morgan fingerprint density at radius 2 is 2.07 bits per heavy atom. The first-order chi connectivity index (χ1) is 7.16. The van der Waals surface area contributed by atoms with Crippen molar-refractivity contribution in [2.75, 3.05) is 33.2 Å². The van der Waals surface area contributed by atoms with Gasteiger partial charge < -0.3 is 10.2 Å². The van der Waals surface area contributed by atoms with Crippen LogP contribution in [0.2, 0.25) is 0 Å². The summed E-state index contributed by atoms with van der Waals surface area (Å²) in [5, 5.41) is 3.63. The Hall–Kier alpha value is -0.120. The zero-order chi connectivity index (χ0) is 10.8. The molecule has 3 heteroatoms. The molecule has 1 saturated heterocycles. The van der Waals surface area contributed by atoms with Gasteiger partial charge in [0.25, 0.3) is 0 Å². The van der Waals surface area contributed by atoms with Crippen molar-refractivity contribution in [1.82, 2.24) is 15.1 Å². The highest BCUT2D eigenvalue weighted by Gasteiger charge is 2.27. The first kappa shape index (κ1) is 11.4. The van der Waals surface area contributed by atoms with Crippen LogP contribution in [0, 0.1) is 0 Å². The van der Waals surface area contributed by atoms with Crippen LogP contribution in [-0.4, -0.2) is 61.2 Å². The molecule has 88 valence electrons. The van der Waals surface area contributed by atoms with Crippen LogP contribution in [-0.2, 0) is 0 Å². The van der Waals surface area contributed by atoms with Crippen molar-refractivity contribution in [2.24, 2.45) is 0 Å². The number of piperazine rings is 1. The van der Waals surface area contributed by atoms with Gasteiger partial charge in [-0.1, -0.05) is 0 Å². The van der Waals surface area contributed by atoms with Gasteiger partial charge in [0.15, 0.2) is 0 Å². The molecule has 0 aromatic heterocycles. The third-order valence-corrected chi connectivity index (χ3v) is 3.73. The maximum Gasteiger partial charge on any atom is 0.0198 e. The Morgan fingerprint density at radius 1 is 1.33 bits per heavy atom. The average Bonchev–Trinajstić information content (AvgIpc) is 2.97. The van der Waals surface area contributed by atoms with Crippen molar-refractivity contribution >= 4 is 0 Å². The lowest BCUT2D eigenvalue weighted by atomic mass is 10.1. The maximum absolute atomic E-state index is 3.63. The second-order valence-corrected chi connectivity index (χ2v) is 5.38. The summed E-state index contributed by atoms with van der Waals surface area (Å²) in [6.45, 7) is 9.54. The smallest absolute Gasteiger partial charge is 0.0198 e. The van der Waals surface area contributed by atoms with Crippen LogP contribution in [0.1, 0.15) is 26.7 Å². The van der Waals surface area contributed by atoms with Gasteiger partial charge in [0.2, 0.25) is 0 Å². The van der Waals surface area contributed by atoms with E-state index in [1.54, 1.807) is 0 Å². The van der Waals surface area contributed by atoms with Crippen LogP contribution < -0.4 is 5.32 Å². The minimum Gasteiger partial charge on any atom is -0.312 e. The number of nitrogens with zero attached hydrogens (tertiary/aromatic N) is 2. The van der Waals surface area contributed by atoms with Crippen molar-refractivity contribution in [3.05, 3.63) is 0 Å². The van der Waals surface area contributed by atoms with Gasteiger partial charge in [-0.25, -0.2) is 0 Å². The molecule has 1 heterocycles. The summed E-state index contributed by atoms with van der Waals surface area (Å²) in [4.78, 5) is 5.08. The van der Waals surface area contributed by atoms with E-state index in [2.05, 4.69) is 36.0 Å². The van der Waals surface area contributed by atoms with Gasteiger partial charge in [-0.3, -0.25) is 4.90 Å². The number of hydrogen-bond donors (Lipinski definition) is 1. The average molecular weight is 211 g/mol. The fourth-order valence-corrected chi connectivity index (χ4v) is 2.55. The lowest BCUT2D eigenvalue weighted by molar-refractivity contribution is 0.0673. The Balaban J connectivity index is 1.74. The SMILES string of the molecule is CC(CNC1CC1)N1CCN(C)CC1C. The highest BCUT2D eigenvalue weighted by Crippen LogP contribution is 2.19. The van der Waals surface area contributed by atoms with Crippen LogP contribution >= 0.6 is 0 Å². The minimum atomic E-state index is 0.689. The van der Waals surface area contributed by atoms with E-state index in [0.29, 0.717) is 12.1 Å². The molecule has 0 bridgehead atoms. The molecule has 2 atom stereocenters. The highest BCUT2D eigenvalue weighted by molar-refractivity contribution is 4.86. The van der Waals surface area contributed by atoms with E-state index in [1.807, 2.05) is 0 Å². The predicted octanol–water partition coefficient (Wildman–Crippen LogP) is 0.763. The molecule has 2 unspecified atom stereocenters. The number of nitrogens with one attached hydrogen (secondary N) is 1. The monoisotopic (exact) mass is 211 g/mol. The Morgan fingerprint density at radius 3 is 2.67 bits per heavy atom. The molecule has 2 aliphatic rings. The van der Waals surface area contributed by atoms with Crippen molar-refractivity contribution < 1.29 is 0 Å². The molecule has 15 heavy (non-hydrogen) atoms. The molecule has 0 amide bonds. The van der Waals surface area contributed by atoms with Gasteiger partial charge >= 0.3 is 0 Å². The Labute approximate surface area is 93.8 Å². The summed E-state index contributed by atoms with van der Waals surface area (Å²) in [6, 6.07) is 2.24. The van der Waals surface area contributed by atoms with E-state index in [1.165, 1.54) is 39.0 Å². The van der Waals surface area contributed by atoms with Gasteiger partial charge in [0.1, 0.15) is 0 Å². The standard InChI is InChI=1S/C12H25N3/c1-10(8-13-12-4-5-12)15-7-6-14(3)9-11(15)2/h10-13H,4-9H2,1-3H3. The van der Waals surface area contributed by atoms with E-state index in [-0.39, 0.29) is 0 Å². The summed E-state index contributed by atoms with van der Waals surface area (Å²) in [6.07, 6.45) is 2.79. The van der Waals surface area contributed by atoms with Gasteiger partial charge in [-0.15, -0.1) is 0 Å².